The second-order valence-corrected chi connectivity index (χ2v) is 9.63. The van der Waals surface area contributed by atoms with Gasteiger partial charge in [-0.05, 0) is 62.0 Å². The normalized spacial score (nSPS) is 11.9. The van der Waals surface area contributed by atoms with Crippen LogP contribution in [0.1, 0.15) is 31.2 Å². The number of nitrogens with one attached hydrogen (secondary N) is 1. The minimum Gasteiger partial charge on any atom is -0.492 e. The Labute approximate surface area is 215 Å². The molecule has 0 aliphatic carbocycles. The van der Waals surface area contributed by atoms with Gasteiger partial charge in [0.25, 0.3) is 0 Å². The van der Waals surface area contributed by atoms with Gasteiger partial charge in [0.15, 0.2) is 11.5 Å². The molecule has 8 nitrogen and oxygen atoms in total. The van der Waals surface area contributed by atoms with Gasteiger partial charge in [0.1, 0.15) is 12.3 Å². The van der Waals surface area contributed by atoms with Crippen molar-refractivity contribution in [3.8, 4) is 17.2 Å². The maximum atomic E-state index is 13.6. The highest BCUT2D eigenvalue weighted by Gasteiger charge is 2.25. The molecule has 0 bridgehead atoms. The van der Waals surface area contributed by atoms with E-state index in [1.807, 2.05) is 68.6 Å². The number of benzene rings is 2. The molecule has 1 aromatic heterocycles. The third-order valence-electron chi connectivity index (χ3n) is 5.71. The standard InChI is InChI=1S/C27H31N3O5S/c1-4-33-23-10-6-5-9-22(23)28-27(32)30(19(2)3)17-26(31)29(16-21-8-7-13-36-21)15-20-11-12-24-25(14-20)35-18-34-24/h5-14,19H,4,15-18H2,1-3H3,(H,28,32). The number of urea groups is 1. The molecule has 190 valence electrons. The quantitative estimate of drug-likeness (QED) is 0.399. The minimum absolute atomic E-state index is 0.0593. The van der Waals surface area contributed by atoms with Gasteiger partial charge >= 0.3 is 6.03 Å². The van der Waals surface area contributed by atoms with Crippen molar-refractivity contribution in [1.82, 2.24) is 9.80 Å². The van der Waals surface area contributed by atoms with E-state index >= 15 is 0 Å². The summed E-state index contributed by atoms with van der Waals surface area (Å²) in [4.78, 5) is 31.2. The third-order valence-corrected chi connectivity index (χ3v) is 6.57. The molecule has 2 aromatic carbocycles. The largest absolute Gasteiger partial charge is 0.492 e. The highest BCUT2D eigenvalue weighted by molar-refractivity contribution is 7.09. The van der Waals surface area contributed by atoms with Crippen molar-refractivity contribution in [3.63, 3.8) is 0 Å². The lowest BCUT2D eigenvalue weighted by atomic mass is 10.2. The Bertz CT molecular complexity index is 1180. The van der Waals surface area contributed by atoms with E-state index < -0.39 is 0 Å². The summed E-state index contributed by atoms with van der Waals surface area (Å²) < 4.78 is 16.5. The molecule has 0 radical (unpaired) electrons. The molecule has 2 heterocycles. The lowest BCUT2D eigenvalue weighted by molar-refractivity contribution is -0.133. The average molecular weight is 510 g/mol. The summed E-state index contributed by atoms with van der Waals surface area (Å²) in [7, 11) is 0. The monoisotopic (exact) mass is 509 g/mol. The first-order valence-electron chi connectivity index (χ1n) is 11.9. The van der Waals surface area contributed by atoms with Crippen LogP contribution in [0.5, 0.6) is 17.2 Å². The maximum Gasteiger partial charge on any atom is 0.322 e. The zero-order valence-corrected chi connectivity index (χ0v) is 21.5. The van der Waals surface area contributed by atoms with Gasteiger partial charge in [-0.2, -0.15) is 0 Å². The molecule has 9 heteroatoms. The van der Waals surface area contributed by atoms with Crippen LogP contribution in [-0.2, 0) is 17.9 Å². The van der Waals surface area contributed by atoms with Gasteiger partial charge in [0.2, 0.25) is 12.7 Å². The number of rotatable bonds is 10. The molecule has 1 aliphatic heterocycles. The summed E-state index contributed by atoms with van der Waals surface area (Å²) in [6, 6.07) is 16.4. The number of amides is 3. The van der Waals surface area contributed by atoms with Crippen LogP contribution in [0.25, 0.3) is 0 Å². The second kappa shape index (κ2) is 11.8. The summed E-state index contributed by atoms with van der Waals surface area (Å²) in [5.74, 6) is 1.81. The molecule has 0 unspecified atom stereocenters. The van der Waals surface area contributed by atoms with Gasteiger partial charge in [-0.3, -0.25) is 4.79 Å². The topological polar surface area (TPSA) is 80.3 Å². The summed E-state index contributed by atoms with van der Waals surface area (Å²) in [6.45, 7) is 7.12. The van der Waals surface area contributed by atoms with Crippen molar-refractivity contribution in [3.05, 3.63) is 70.4 Å². The number of carbonyl (C=O) groups excluding carboxylic acids is 2. The van der Waals surface area contributed by atoms with E-state index in [2.05, 4.69) is 5.32 Å². The summed E-state index contributed by atoms with van der Waals surface area (Å²) in [6.07, 6.45) is 0. The Morgan fingerprint density at radius 1 is 1.06 bits per heavy atom. The van der Waals surface area contributed by atoms with Crippen molar-refractivity contribution in [2.24, 2.45) is 0 Å². The van der Waals surface area contributed by atoms with Crippen LogP contribution in [-0.4, -0.2) is 47.7 Å². The number of carbonyl (C=O) groups is 2. The number of para-hydroxylation sites is 2. The molecule has 0 spiro atoms. The van der Waals surface area contributed by atoms with Crippen LogP contribution < -0.4 is 19.5 Å². The van der Waals surface area contributed by atoms with E-state index in [0.29, 0.717) is 42.6 Å². The fourth-order valence-corrected chi connectivity index (χ4v) is 4.57. The highest BCUT2D eigenvalue weighted by Crippen LogP contribution is 2.33. The number of nitrogens with zero attached hydrogens (tertiary/aromatic N) is 2. The number of hydrogen-bond donors (Lipinski definition) is 1. The van der Waals surface area contributed by atoms with Crippen LogP contribution in [0.2, 0.25) is 0 Å². The fraction of sp³-hybridized carbons (Fsp3) is 0.333. The number of thiophene rings is 1. The van der Waals surface area contributed by atoms with E-state index in [9.17, 15) is 9.59 Å². The molecular formula is C27H31N3O5S. The van der Waals surface area contributed by atoms with Crippen molar-refractivity contribution >= 4 is 29.0 Å². The van der Waals surface area contributed by atoms with Gasteiger partial charge in [-0.25, -0.2) is 4.79 Å². The maximum absolute atomic E-state index is 13.6. The Kier molecular flexibility index (Phi) is 8.32. The molecule has 3 aromatic rings. The predicted molar refractivity (Wildman–Crippen MR) is 140 cm³/mol. The lowest BCUT2D eigenvalue weighted by Crippen LogP contribution is -2.47. The zero-order valence-electron chi connectivity index (χ0n) is 20.7. The zero-order chi connectivity index (χ0) is 25.5. The van der Waals surface area contributed by atoms with Gasteiger partial charge in [-0.1, -0.05) is 24.3 Å². The van der Waals surface area contributed by atoms with Crippen LogP contribution >= 0.6 is 11.3 Å². The van der Waals surface area contributed by atoms with E-state index in [4.69, 9.17) is 14.2 Å². The Balaban J connectivity index is 1.50. The molecule has 3 amide bonds. The first-order valence-corrected chi connectivity index (χ1v) is 12.8. The Morgan fingerprint density at radius 3 is 2.61 bits per heavy atom. The molecule has 0 saturated carbocycles. The van der Waals surface area contributed by atoms with E-state index in [-0.39, 0.29) is 31.3 Å². The Morgan fingerprint density at radius 2 is 1.86 bits per heavy atom. The summed E-state index contributed by atoms with van der Waals surface area (Å²) >= 11 is 1.59. The molecule has 0 saturated heterocycles. The van der Waals surface area contributed by atoms with E-state index in [1.54, 1.807) is 28.4 Å². The smallest absolute Gasteiger partial charge is 0.322 e. The SMILES string of the molecule is CCOc1ccccc1NC(=O)N(CC(=O)N(Cc1ccc2c(c1)OCO2)Cc1cccs1)C(C)C. The molecular weight excluding hydrogens is 478 g/mol. The molecule has 4 rings (SSSR count). The second-order valence-electron chi connectivity index (χ2n) is 8.60. The number of fused-ring (bicyclic) bond motifs is 1. The first kappa shape index (κ1) is 25.4. The first-order chi connectivity index (χ1) is 17.4. The third kappa shape index (κ3) is 6.28. The van der Waals surface area contributed by atoms with Crippen molar-refractivity contribution in [1.29, 1.82) is 0 Å². The fourth-order valence-electron chi connectivity index (χ4n) is 3.86. The minimum atomic E-state index is -0.357. The van der Waals surface area contributed by atoms with Crippen LogP contribution in [0.4, 0.5) is 10.5 Å². The average Bonchev–Trinajstić information content (AvgIpc) is 3.55. The highest BCUT2D eigenvalue weighted by atomic mass is 32.1. The summed E-state index contributed by atoms with van der Waals surface area (Å²) in [5, 5.41) is 4.90. The van der Waals surface area contributed by atoms with Crippen molar-refractivity contribution in [2.75, 3.05) is 25.3 Å². The van der Waals surface area contributed by atoms with Crippen molar-refractivity contribution in [2.45, 2.75) is 39.9 Å². The van der Waals surface area contributed by atoms with Gasteiger partial charge in [-0.15, -0.1) is 11.3 Å². The van der Waals surface area contributed by atoms with Crippen LogP contribution in [0.15, 0.2) is 60.0 Å². The molecule has 0 fully saturated rings. The van der Waals surface area contributed by atoms with E-state index in [1.165, 1.54) is 4.90 Å². The van der Waals surface area contributed by atoms with E-state index in [0.717, 1.165) is 10.4 Å². The van der Waals surface area contributed by atoms with Crippen LogP contribution in [0, 0.1) is 0 Å². The predicted octanol–water partition coefficient (Wildman–Crippen LogP) is 5.35. The Hall–Kier alpha value is -3.72. The molecule has 0 atom stereocenters. The molecule has 36 heavy (non-hydrogen) atoms. The lowest BCUT2D eigenvalue weighted by Gasteiger charge is -2.30. The van der Waals surface area contributed by atoms with Gasteiger partial charge in [0.05, 0.1) is 18.8 Å². The number of hydrogen-bond acceptors (Lipinski definition) is 6. The molecule has 1 N–H and O–H groups in total. The van der Waals surface area contributed by atoms with Gasteiger partial charge in [0, 0.05) is 17.5 Å². The molecule has 1 aliphatic rings. The number of ether oxygens (including phenoxy) is 3. The van der Waals surface area contributed by atoms with Crippen molar-refractivity contribution < 1.29 is 23.8 Å². The summed E-state index contributed by atoms with van der Waals surface area (Å²) in [5.41, 5.74) is 1.49. The van der Waals surface area contributed by atoms with Gasteiger partial charge < -0.3 is 29.3 Å². The van der Waals surface area contributed by atoms with Crippen LogP contribution in [0.3, 0.4) is 0 Å². The number of anilines is 1.